The van der Waals surface area contributed by atoms with Crippen molar-refractivity contribution in [3.63, 3.8) is 0 Å². The molecule has 3 atom stereocenters. The second-order valence-corrected chi connectivity index (χ2v) is 4.56. The maximum absolute atomic E-state index is 11.5. The molecule has 0 aromatic carbocycles. The molecule has 4 heteroatoms. The van der Waals surface area contributed by atoms with Crippen LogP contribution in [0.2, 0.25) is 0 Å². The maximum Gasteiger partial charge on any atom is 0.237 e. The Morgan fingerprint density at radius 2 is 2.33 bits per heavy atom. The second-order valence-electron chi connectivity index (χ2n) is 4.56. The van der Waals surface area contributed by atoms with E-state index in [0.717, 1.165) is 38.8 Å². The summed E-state index contributed by atoms with van der Waals surface area (Å²) in [5.74, 6) is 0.167. The summed E-state index contributed by atoms with van der Waals surface area (Å²) in [6, 6.07) is 0.469. The normalized spacial score (nSPS) is 37.4. The van der Waals surface area contributed by atoms with Crippen LogP contribution < -0.4 is 10.6 Å². The summed E-state index contributed by atoms with van der Waals surface area (Å²) >= 11 is 0. The van der Waals surface area contributed by atoms with Crippen LogP contribution in [0.25, 0.3) is 0 Å². The predicted molar refractivity (Wildman–Crippen MR) is 57.6 cm³/mol. The zero-order chi connectivity index (χ0) is 10.7. The van der Waals surface area contributed by atoms with Crippen LogP contribution in [-0.4, -0.2) is 37.2 Å². The van der Waals surface area contributed by atoms with Gasteiger partial charge in [0.05, 0.1) is 12.1 Å². The molecule has 3 unspecified atom stereocenters. The molecule has 86 valence electrons. The first-order chi connectivity index (χ1) is 7.25. The van der Waals surface area contributed by atoms with Crippen molar-refractivity contribution in [2.75, 3.05) is 13.2 Å². The molecule has 0 radical (unpaired) electrons. The Labute approximate surface area is 90.8 Å². The van der Waals surface area contributed by atoms with E-state index in [1.54, 1.807) is 0 Å². The number of rotatable bonds is 2. The highest BCUT2D eigenvalue weighted by molar-refractivity contribution is 5.82. The molecule has 0 spiro atoms. The number of nitrogens with one attached hydrogen (secondary N) is 2. The van der Waals surface area contributed by atoms with E-state index < -0.39 is 0 Å². The summed E-state index contributed by atoms with van der Waals surface area (Å²) < 4.78 is 5.48. The van der Waals surface area contributed by atoms with Gasteiger partial charge in [0.2, 0.25) is 5.91 Å². The Balaban J connectivity index is 1.81. The van der Waals surface area contributed by atoms with Crippen molar-refractivity contribution in [1.82, 2.24) is 10.6 Å². The zero-order valence-electron chi connectivity index (χ0n) is 9.29. The first-order valence-electron chi connectivity index (χ1n) is 5.91. The fourth-order valence-corrected chi connectivity index (χ4v) is 2.37. The Morgan fingerprint density at radius 3 is 3.07 bits per heavy atom. The standard InChI is InChI=1S/C11H20N2O2/c1-8-7-9(4-6-15-8)13-10-3-2-5-12-11(10)14/h8-10,13H,2-7H2,1H3,(H,12,14). The predicted octanol–water partition coefficient (Wildman–Crippen LogP) is 0.422. The van der Waals surface area contributed by atoms with E-state index in [0.29, 0.717) is 12.1 Å². The van der Waals surface area contributed by atoms with E-state index >= 15 is 0 Å². The molecule has 15 heavy (non-hydrogen) atoms. The zero-order valence-corrected chi connectivity index (χ0v) is 9.29. The monoisotopic (exact) mass is 212 g/mol. The lowest BCUT2D eigenvalue weighted by atomic mass is 10.00. The first-order valence-corrected chi connectivity index (χ1v) is 5.91. The van der Waals surface area contributed by atoms with E-state index in [2.05, 4.69) is 17.6 Å². The second kappa shape index (κ2) is 4.94. The summed E-state index contributed by atoms with van der Waals surface area (Å²) in [6.07, 6.45) is 4.42. The summed E-state index contributed by atoms with van der Waals surface area (Å²) in [6.45, 7) is 3.74. The molecule has 0 aromatic rings. The van der Waals surface area contributed by atoms with Gasteiger partial charge in [-0.15, -0.1) is 0 Å². The van der Waals surface area contributed by atoms with Crippen LogP contribution in [0.3, 0.4) is 0 Å². The SMILES string of the molecule is CC1CC(NC2CCCNC2=O)CCO1. The van der Waals surface area contributed by atoms with Gasteiger partial charge in [-0.1, -0.05) is 0 Å². The lowest BCUT2D eigenvalue weighted by Crippen LogP contribution is -2.53. The van der Waals surface area contributed by atoms with Gasteiger partial charge in [-0.05, 0) is 32.6 Å². The Bertz CT molecular complexity index is 233. The van der Waals surface area contributed by atoms with Crippen LogP contribution in [-0.2, 0) is 9.53 Å². The summed E-state index contributed by atoms with van der Waals surface area (Å²) in [4.78, 5) is 11.5. The quantitative estimate of drug-likeness (QED) is 0.697. The van der Waals surface area contributed by atoms with Crippen LogP contribution >= 0.6 is 0 Å². The lowest BCUT2D eigenvalue weighted by molar-refractivity contribution is -0.125. The molecule has 2 fully saturated rings. The van der Waals surface area contributed by atoms with Gasteiger partial charge < -0.3 is 15.4 Å². The highest BCUT2D eigenvalue weighted by Crippen LogP contribution is 2.15. The van der Waals surface area contributed by atoms with Gasteiger partial charge in [-0.3, -0.25) is 4.79 Å². The number of carbonyl (C=O) groups excluding carboxylic acids is 1. The minimum atomic E-state index is 0.0223. The van der Waals surface area contributed by atoms with Crippen molar-refractivity contribution in [2.24, 2.45) is 0 Å². The molecule has 2 aliphatic heterocycles. The molecule has 2 heterocycles. The van der Waals surface area contributed by atoms with Crippen LogP contribution in [0, 0.1) is 0 Å². The third-order valence-corrected chi connectivity index (χ3v) is 3.21. The molecule has 0 aromatic heterocycles. The highest BCUT2D eigenvalue weighted by Gasteiger charge is 2.27. The number of piperidine rings is 1. The summed E-state index contributed by atoms with van der Waals surface area (Å²) in [7, 11) is 0. The molecular formula is C11H20N2O2. The molecular weight excluding hydrogens is 192 g/mol. The van der Waals surface area contributed by atoms with Gasteiger partial charge in [0.15, 0.2) is 0 Å². The number of carbonyl (C=O) groups is 1. The highest BCUT2D eigenvalue weighted by atomic mass is 16.5. The third kappa shape index (κ3) is 2.92. The van der Waals surface area contributed by atoms with Crippen molar-refractivity contribution >= 4 is 5.91 Å². The first kappa shape index (κ1) is 10.9. The largest absolute Gasteiger partial charge is 0.378 e. The Hall–Kier alpha value is -0.610. The molecule has 1 amide bonds. The Kier molecular flexibility index (Phi) is 3.59. The molecule has 0 bridgehead atoms. The summed E-state index contributed by atoms with van der Waals surface area (Å²) in [5, 5.41) is 6.35. The van der Waals surface area contributed by atoms with Crippen LogP contribution in [0.4, 0.5) is 0 Å². The minimum Gasteiger partial charge on any atom is -0.378 e. The van der Waals surface area contributed by atoms with Crippen molar-refractivity contribution in [3.8, 4) is 0 Å². The van der Waals surface area contributed by atoms with E-state index in [4.69, 9.17) is 4.74 Å². The molecule has 2 saturated heterocycles. The van der Waals surface area contributed by atoms with Crippen LogP contribution in [0.15, 0.2) is 0 Å². The van der Waals surface area contributed by atoms with Crippen molar-refractivity contribution in [3.05, 3.63) is 0 Å². The average Bonchev–Trinajstić information content (AvgIpc) is 2.22. The topological polar surface area (TPSA) is 50.4 Å². The van der Waals surface area contributed by atoms with Gasteiger partial charge in [0.25, 0.3) is 0 Å². The lowest BCUT2D eigenvalue weighted by Gasteiger charge is -2.32. The smallest absolute Gasteiger partial charge is 0.237 e. The van der Waals surface area contributed by atoms with Crippen molar-refractivity contribution < 1.29 is 9.53 Å². The number of hydrogen-bond acceptors (Lipinski definition) is 3. The van der Waals surface area contributed by atoms with Gasteiger partial charge in [0.1, 0.15) is 0 Å². The van der Waals surface area contributed by atoms with Crippen molar-refractivity contribution in [2.45, 2.75) is 50.8 Å². The van der Waals surface area contributed by atoms with Crippen LogP contribution in [0.1, 0.15) is 32.6 Å². The average molecular weight is 212 g/mol. The number of hydrogen-bond donors (Lipinski definition) is 2. The number of ether oxygens (including phenoxy) is 1. The van der Waals surface area contributed by atoms with E-state index in [1.807, 2.05) is 0 Å². The molecule has 2 N–H and O–H groups in total. The van der Waals surface area contributed by atoms with E-state index in [-0.39, 0.29) is 11.9 Å². The fourth-order valence-electron chi connectivity index (χ4n) is 2.37. The maximum atomic E-state index is 11.5. The van der Waals surface area contributed by atoms with E-state index in [9.17, 15) is 4.79 Å². The van der Waals surface area contributed by atoms with Gasteiger partial charge in [0, 0.05) is 19.2 Å². The third-order valence-electron chi connectivity index (χ3n) is 3.21. The number of amides is 1. The van der Waals surface area contributed by atoms with Gasteiger partial charge >= 0.3 is 0 Å². The van der Waals surface area contributed by atoms with Crippen molar-refractivity contribution in [1.29, 1.82) is 0 Å². The Morgan fingerprint density at radius 1 is 1.47 bits per heavy atom. The molecule has 0 aliphatic carbocycles. The van der Waals surface area contributed by atoms with Gasteiger partial charge in [-0.2, -0.15) is 0 Å². The summed E-state index contributed by atoms with van der Waals surface area (Å²) in [5.41, 5.74) is 0. The molecule has 2 aliphatic rings. The van der Waals surface area contributed by atoms with Gasteiger partial charge in [-0.25, -0.2) is 0 Å². The fraction of sp³-hybridized carbons (Fsp3) is 0.909. The van der Waals surface area contributed by atoms with Crippen LogP contribution in [0.5, 0.6) is 0 Å². The molecule has 4 nitrogen and oxygen atoms in total. The van der Waals surface area contributed by atoms with E-state index in [1.165, 1.54) is 0 Å². The molecule has 0 saturated carbocycles. The molecule has 2 rings (SSSR count). The minimum absolute atomic E-state index is 0.0223.